The van der Waals surface area contributed by atoms with Crippen molar-refractivity contribution in [1.82, 2.24) is 4.98 Å². The standard InChI is InChI=1S/C24H18N6/c1-11-17(7-25)13(3)22(14(4)18(11)8-26)21-6-16-20(10-28)12(2)19(9-27)15(5)23(16)24(29)30-21/h6H,1-5H3,(H2,29,30). The Morgan fingerprint density at radius 1 is 0.667 bits per heavy atom. The predicted octanol–water partition coefficient (Wildman–Crippen LogP) is 4.51. The van der Waals surface area contributed by atoms with E-state index in [4.69, 9.17) is 5.73 Å². The molecule has 0 unspecified atom stereocenters. The van der Waals surface area contributed by atoms with Crippen LogP contribution in [0, 0.1) is 79.9 Å². The van der Waals surface area contributed by atoms with Gasteiger partial charge in [-0.15, -0.1) is 0 Å². The maximum atomic E-state index is 9.78. The predicted molar refractivity (Wildman–Crippen MR) is 114 cm³/mol. The molecular formula is C24H18N6. The normalized spacial score (nSPS) is 10.2. The van der Waals surface area contributed by atoms with Gasteiger partial charge in [0.1, 0.15) is 11.9 Å². The first-order valence-corrected chi connectivity index (χ1v) is 9.21. The fraction of sp³-hybridized carbons (Fsp3) is 0.208. The summed E-state index contributed by atoms with van der Waals surface area (Å²) >= 11 is 0. The van der Waals surface area contributed by atoms with Crippen LogP contribution in [0.3, 0.4) is 0 Å². The summed E-state index contributed by atoms with van der Waals surface area (Å²) in [5.41, 5.74) is 12.4. The van der Waals surface area contributed by atoms with Gasteiger partial charge in [-0.1, -0.05) is 0 Å². The van der Waals surface area contributed by atoms with E-state index in [1.54, 1.807) is 26.8 Å². The number of aromatic nitrogens is 1. The van der Waals surface area contributed by atoms with Crippen molar-refractivity contribution in [3.05, 3.63) is 56.1 Å². The molecule has 0 saturated heterocycles. The Morgan fingerprint density at radius 3 is 1.57 bits per heavy atom. The van der Waals surface area contributed by atoms with E-state index < -0.39 is 0 Å². The fourth-order valence-corrected chi connectivity index (χ4v) is 4.27. The van der Waals surface area contributed by atoms with Gasteiger partial charge in [0.05, 0.1) is 46.2 Å². The molecule has 0 aliphatic carbocycles. The third kappa shape index (κ3) is 2.64. The summed E-state index contributed by atoms with van der Waals surface area (Å²) < 4.78 is 0. The molecule has 0 bridgehead atoms. The quantitative estimate of drug-likeness (QED) is 0.649. The van der Waals surface area contributed by atoms with Gasteiger partial charge in [-0.3, -0.25) is 0 Å². The molecule has 1 heterocycles. The van der Waals surface area contributed by atoms with E-state index in [0.717, 1.165) is 0 Å². The molecule has 0 atom stereocenters. The van der Waals surface area contributed by atoms with Crippen molar-refractivity contribution in [3.63, 3.8) is 0 Å². The molecule has 6 nitrogen and oxygen atoms in total. The van der Waals surface area contributed by atoms with Crippen LogP contribution in [0.5, 0.6) is 0 Å². The number of aryl methyl sites for hydroxylation is 1. The summed E-state index contributed by atoms with van der Waals surface area (Å²) in [6.07, 6.45) is 0. The molecule has 0 fully saturated rings. The van der Waals surface area contributed by atoms with E-state index in [2.05, 4.69) is 29.3 Å². The summed E-state index contributed by atoms with van der Waals surface area (Å²) in [4.78, 5) is 4.56. The number of hydrogen-bond acceptors (Lipinski definition) is 6. The molecular weight excluding hydrogens is 372 g/mol. The topological polar surface area (TPSA) is 134 Å². The van der Waals surface area contributed by atoms with Crippen molar-refractivity contribution in [2.45, 2.75) is 34.6 Å². The van der Waals surface area contributed by atoms with Gasteiger partial charge in [-0.05, 0) is 68.5 Å². The zero-order chi connectivity index (χ0) is 22.3. The van der Waals surface area contributed by atoms with Crippen LogP contribution in [0.2, 0.25) is 0 Å². The second-order valence-corrected chi connectivity index (χ2v) is 7.26. The monoisotopic (exact) mass is 390 g/mol. The second-order valence-electron chi connectivity index (χ2n) is 7.26. The van der Waals surface area contributed by atoms with Gasteiger partial charge in [0.2, 0.25) is 0 Å². The van der Waals surface area contributed by atoms with Crippen LogP contribution >= 0.6 is 0 Å². The van der Waals surface area contributed by atoms with Gasteiger partial charge >= 0.3 is 0 Å². The van der Waals surface area contributed by atoms with Crippen molar-refractivity contribution >= 4 is 16.6 Å². The maximum absolute atomic E-state index is 9.78. The van der Waals surface area contributed by atoms with Gasteiger partial charge in [-0.2, -0.15) is 21.0 Å². The summed E-state index contributed by atoms with van der Waals surface area (Å²) in [6, 6.07) is 10.5. The van der Waals surface area contributed by atoms with Crippen LogP contribution in [0.4, 0.5) is 5.82 Å². The third-order valence-electron chi connectivity index (χ3n) is 5.77. The number of fused-ring (bicyclic) bond motifs is 1. The lowest BCUT2D eigenvalue weighted by molar-refractivity contribution is 1.22. The van der Waals surface area contributed by atoms with Crippen molar-refractivity contribution in [2.75, 3.05) is 5.73 Å². The van der Waals surface area contributed by atoms with Crippen LogP contribution in [-0.2, 0) is 0 Å². The van der Waals surface area contributed by atoms with Gasteiger partial charge in [0.25, 0.3) is 0 Å². The molecule has 0 saturated carbocycles. The number of anilines is 1. The molecule has 0 amide bonds. The number of nitrogen functional groups attached to an aromatic ring is 1. The average molecular weight is 390 g/mol. The number of hydrogen-bond donors (Lipinski definition) is 1. The van der Waals surface area contributed by atoms with Crippen LogP contribution in [0.1, 0.15) is 50.1 Å². The Morgan fingerprint density at radius 2 is 1.10 bits per heavy atom. The molecule has 3 aromatic rings. The van der Waals surface area contributed by atoms with E-state index in [1.165, 1.54) is 0 Å². The number of nitriles is 4. The van der Waals surface area contributed by atoms with Crippen molar-refractivity contribution in [2.24, 2.45) is 0 Å². The molecule has 3 rings (SSSR count). The van der Waals surface area contributed by atoms with Crippen LogP contribution < -0.4 is 5.73 Å². The molecule has 0 radical (unpaired) electrons. The van der Waals surface area contributed by atoms with Crippen LogP contribution in [0.25, 0.3) is 22.0 Å². The minimum absolute atomic E-state index is 0.199. The third-order valence-corrected chi connectivity index (χ3v) is 5.77. The van der Waals surface area contributed by atoms with E-state index in [9.17, 15) is 21.0 Å². The zero-order valence-corrected chi connectivity index (χ0v) is 17.4. The summed E-state index contributed by atoms with van der Waals surface area (Å²) in [5, 5.41) is 39.8. The maximum Gasteiger partial charge on any atom is 0.132 e. The van der Waals surface area contributed by atoms with Gasteiger partial charge in [-0.25, -0.2) is 4.98 Å². The lowest BCUT2D eigenvalue weighted by Gasteiger charge is -2.18. The van der Waals surface area contributed by atoms with Crippen molar-refractivity contribution in [1.29, 1.82) is 21.0 Å². The largest absolute Gasteiger partial charge is 0.383 e. The molecule has 0 aliphatic heterocycles. The van der Waals surface area contributed by atoms with Crippen molar-refractivity contribution < 1.29 is 0 Å². The number of benzene rings is 2. The molecule has 6 heteroatoms. The Kier molecular flexibility index (Phi) is 4.89. The first-order chi connectivity index (χ1) is 14.2. The molecule has 0 aliphatic rings. The SMILES string of the molecule is Cc1c(C#N)c(C)c(-c2cc3c(C#N)c(C)c(C#N)c(C)c3c(N)n2)c(C)c1C#N. The first kappa shape index (κ1) is 20.3. The number of pyridine rings is 1. The highest BCUT2D eigenvalue weighted by Crippen LogP contribution is 2.38. The fourth-order valence-electron chi connectivity index (χ4n) is 4.27. The van der Waals surface area contributed by atoms with Crippen molar-refractivity contribution in [3.8, 4) is 35.5 Å². The lowest BCUT2D eigenvalue weighted by atomic mass is 9.86. The summed E-state index contributed by atoms with van der Waals surface area (Å²) in [5.74, 6) is 0.199. The zero-order valence-electron chi connectivity index (χ0n) is 17.4. The lowest BCUT2D eigenvalue weighted by Crippen LogP contribution is -2.05. The Hall–Kier alpha value is -4.39. The summed E-state index contributed by atoms with van der Waals surface area (Å²) in [7, 11) is 0. The highest BCUT2D eigenvalue weighted by atomic mass is 14.8. The number of rotatable bonds is 1. The van der Waals surface area contributed by atoms with E-state index in [0.29, 0.717) is 72.1 Å². The van der Waals surface area contributed by atoms with Gasteiger partial charge in [0.15, 0.2) is 0 Å². The molecule has 0 spiro atoms. The van der Waals surface area contributed by atoms with Gasteiger partial charge < -0.3 is 5.73 Å². The molecule has 144 valence electrons. The second kappa shape index (κ2) is 7.21. The molecule has 2 N–H and O–H groups in total. The molecule has 1 aromatic heterocycles. The highest BCUT2D eigenvalue weighted by Gasteiger charge is 2.22. The summed E-state index contributed by atoms with van der Waals surface area (Å²) in [6.45, 7) is 8.92. The Labute approximate surface area is 175 Å². The molecule has 2 aromatic carbocycles. The molecule has 30 heavy (non-hydrogen) atoms. The highest BCUT2D eigenvalue weighted by molar-refractivity contribution is 6.02. The van der Waals surface area contributed by atoms with Gasteiger partial charge in [0, 0.05) is 16.3 Å². The van der Waals surface area contributed by atoms with E-state index in [1.807, 2.05) is 13.8 Å². The number of nitrogens with zero attached hydrogens (tertiary/aromatic N) is 5. The first-order valence-electron chi connectivity index (χ1n) is 9.21. The van der Waals surface area contributed by atoms with Crippen LogP contribution in [-0.4, -0.2) is 4.98 Å². The Balaban J connectivity index is 2.57. The smallest absolute Gasteiger partial charge is 0.132 e. The van der Waals surface area contributed by atoms with E-state index >= 15 is 0 Å². The van der Waals surface area contributed by atoms with Crippen LogP contribution in [0.15, 0.2) is 6.07 Å². The minimum atomic E-state index is 0.199. The minimum Gasteiger partial charge on any atom is -0.383 e. The average Bonchev–Trinajstić information content (AvgIpc) is 2.69. The number of nitrogens with two attached hydrogens (primary N) is 1. The Bertz CT molecular complexity index is 1390. The van der Waals surface area contributed by atoms with E-state index in [-0.39, 0.29) is 5.82 Å².